The highest BCUT2D eigenvalue weighted by Crippen LogP contribution is 2.18. The number of benzene rings is 2. The van der Waals surface area contributed by atoms with E-state index in [2.05, 4.69) is 10.6 Å². The molecule has 154 valence electrons. The van der Waals surface area contributed by atoms with E-state index in [0.29, 0.717) is 28.8 Å². The Hall–Kier alpha value is -2.34. The molecule has 4 nitrogen and oxygen atoms in total. The van der Waals surface area contributed by atoms with Crippen molar-refractivity contribution in [2.75, 3.05) is 11.1 Å². The van der Waals surface area contributed by atoms with Gasteiger partial charge in [-0.25, -0.2) is 4.39 Å². The van der Waals surface area contributed by atoms with Crippen LogP contribution in [0.5, 0.6) is 0 Å². The van der Waals surface area contributed by atoms with E-state index in [1.54, 1.807) is 0 Å². The summed E-state index contributed by atoms with van der Waals surface area (Å²) in [5, 5.41) is 5.90. The van der Waals surface area contributed by atoms with Crippen molar-refractivity contribution in [1.29, 1.82) is 0 Å². The van der Waals surface area contributed by atoms with E-state index in [4.69, 9.17) is 0 Å². The van der Waals surface area contributed by atoms with Crippen LogP contribution >= 0.6 is 11.8 Å². The minimum Gasteiger partial charge on any atom is -0.349 e. The zero-order chi connectivity index (χ0) is 20.5. The van der Waals surface area contributed by atoms with Crippen molar-refractivity contribution in [2.24, 2.45) is 0 Å². The molecule has 1 aliphatic rings. The maximum absolute atomic E-state index is 12.9. The van der Waals surface area contributed by atoms with Crippen LogP contribution in [0.15, 0.2) is 48.5 Å². The highest BCUT2D eigenvalue weighted by atomic mass is 32.2. The van der Waals surface area contributed by atoms with Crippen molar-refractivity contribution in [3.05, 3.63) is 65.5 Å². The first-order valence-electron chi connectivity index (χ1n) is 10.1. The van der Waals surface area contributed by atoms with Gasteiger partial charge >= 0.3 is 0 Å². The molecular weight excluding hydrogens is 387 g/mol. The summed E-state index contributed by atoms with van der Waals surface area (Å²) < 4.78 is 12.9. The first kappa shape index (κ1) is 21.4. The van der Waals surface area contributed by atoms with Crippen molar-refractivity contribution in [1.82, 2.24) is 5.32 Å². The van der Waals surface area contributed by atoms with Gasteiger partial charge < -0.3 is 10.6 Å². The van der Waals surface area contributed by atoms with E-state index in [9.17, 15) is 14.0 Å². The Balaban J connectivity index is 1.41. The lowest BCUT2D eigenvalue weighted by atomic mass is 10.1. The molecule has 0 spiro atoms. The smallest absolute Gasteiger partial charge is 0.251 e. The summed E-state index contributed by atoms with van der Waals surface area (Å²) in [7, 11) is 0. The molecule has 2 aromatic carbocycles. The third kappa shape index (κ3) is 7.20. The van der Waals surface area contributed by atoms with Gasteiger partial charge in [-0.3, -0.25) is 9.59 Å². The minimum absolute atomic E-state index is 0.00483. The standard InChI is InChI=1S/C23H27FN2O2S/c24-19-11-13-21(14-12-19)25-22(27)16-29-15-17-7-9-18(10-8-17)23(28)26-20-5-3-1-2-4-6-20/h7-14,20H,1-6,15-16H2,(H,25,27)(H,26,28). The Labute approximate surface area is 175 Å². The third-order valence-corrected chi connectivity index (χ3v) is 6.04. The summed E-state index contributed by atoms with van der Waals surface area (Å²) in [6.07, 6.45) is 7.05. The van der Waals surface area contributed by atoms with E-state index in [1.165, 1.54) is 61.7 Å². The molecule has 0 heterocycles. The Morgan fingerprint density at radius 3 is 2.24 bits per heavy atom. The summed E-state index contributed by atoms with van der Waals surface area (Å²) in [5.74, 6) is 0.530. The Kier molecular flexibility index (Phi) is 8.11. The summed E-state index contributed by atoms with van der Waals surface area (Å²) >= 11 is 1.50. The van der Waals surface area contributed by atoms with Crippen LogP contribution in [-0.2, 0) is 10.5 Å². The molecule has 0 atom stereocenters. The van der Waals surface area contributed by atoms with Crippen LogP contribution < -0.4 is 10.6 Å². The maximum Gasteiger partial charge on any atom is 0.251 e. The first-order chi connectivity index (χ1) is 14.1. The van der Waals surface area contributed by atoms with Gasteiger partial charge in [0.2, 0.25) is 5.91 Å². The fraction of sp³-hybridized carbons (Fsp3) is 0.391. The zero-order valence-corrected chi connectivity index (χ0v) is 17.3. The van der Waals surface area contributed by atoms with Crippen LogP contribution in [0, 0.1) is 5.82 Å². The number of nitrogens with one attached hydrogen (secondary N) is 2. The van der Waals surface area contributed by atoms with Gasteiger partial charge in [0.05, 0.1) is 5.75 Å². The number of amides is 2. The van der Waals surface area contributed by atoms with E-state index in [-0.39, 0.29) is 17.6 Å². The van der Waals surface area contributed by atoms with Crippen LogP contribution in [0.3, 0.4) is 0 Å². The zero-order valence-electron chi connectivity index (χ0n) is 16.5. The fourth-order valence-electron chi connectivity index (χ4n) is 3.44. The number of halogens is 1. The molecule has 6 heteroatoms. The topological polar surface area (TPSA) is 58.2 Å². The van der Waals surface area contributed by atoms with Gasteiger partial charge in [-0.15, -0.1) is 11.8 Å². The SMILES string of the molecule is O=C(CSCc1ccc(C(=O)NC2CCCCCC2)cc1)Nc1ccc(F)cc1. The van der Waals surface area contributed by atoms with E-state index in [1.807, 2.05) is 24.3 Å². The normalized spacial score (nSPS) is 14.8. The van der Waals surface area contributed by atoms with Crippen LogP contribution in [0.2, 0.25) is 0 Å². The highest BCUT2D eigenvalue weighted by molar-refractivity contribution is 7.99. The van der Waals surface area contributed by atoms with Crippen molar-refractivity contribution < 1.29 is 14.0 Å². The summed E-state index contributed by atoms with van der Waals surface area (Å²) in [6.45, 7) is 0. The summed E-state index contributed by atoms with van der Waals surface area (Å²) in [4.78, 5) is 24.4. The molecule has 0 radical (unpaired) electrons. The molecule has 2 aromatic rings. The Morgan fingerprint density at radius 1 is 0.931 bits per heavy atom. The number of carbonyl (C=O) groups is 2. The van der Waals surface area contributed by atoms with E-state index >= 15 is 0 Å². The summed E-state index contributed by atoms with van der Waals surface area (Å²) in [5.41, 5.74) is 2.33. The number of hydrogen-bond donors (Lipinski definition) is 2. The molecule has 0 aliphatic heterocycles. The Bertz CT molecular complexity index is 801. The maximum atomic E-state index is 12.9. The van der Waals surface area contributed by atoms with Gasteiger partial charge in [0, 0.05) is 23.0 Å². The van der Waals surface area contributed by atoms with E-state index < -0.39 is 0 Å². The van der Waals surface area contributed by atoms with Crippen molar-refractivity contribution in [3.63, 3.8) is 0 Å². The van der Waals surface area contributed by atoms with Crippen LogP contribution in [0.25, 0.3) is 0 Å². The highest BCUT2D eigenvalue weighted by Gasteiger charge is 2.15. The number of hydrogen-bond acceptors (Lipinski definition) is 3. The second-order valence-electron chi connectivity index (χ2n) is 7.41. The third-order valence-electron chi connectivity index (χ3n) is 5.04. The lowest BCUT2D eigenvalue weighted by Gasteiger charge is -2.16. The lowest BCUT2D eigenvalue weighted by molar-refractivity contribution is -0.113. The average Bonchev–Trinajstić information content (AvgIpc) is 2.99. The van der Waals surface area contributed by atoms with Gasteiger partial charge in [-0.1, -0.05) is 37.8 Å². The fourth-order valence-corrected chi connectivity index (χ4v) is 4.22. The number of thioether (sulfide) groups is 1. The molecule has 29 heavy (non-hydrogen) atoms. The van der Waals surface area contributed by atoms with Gasteiger partial charge in [-0.05, 0) is 54.8 Å². The van der Waals surface area contributed by atoms with Gasteiger partial charge in [0.25, 0.3) is 5.91 Å². The Morgan fingerprint density at radius 2 is 1.59 bits per heavy atom. The molecule has 2 N–H and O–H groups in total. The van der Waals surface area contributed by atoms with E-state index in [0.717, 1.165) is 18.4 Å². The molecule has 0 bridgehead atoms. The molecule has 3 rings (SSSR count). The van der Waals surface area contributed by atoms with Gasteiger partial charge in [0.15, 0.2) is 0 Å². The van der Waals surface area contributed by atoms with Gasteiger partial charge in [-0.2, -0.15) is 0 Å². The minimum atomic E-state index is -0.330. The lowest BCUT2D eigenvalue weighted by Crippen LogP contribution is -2.34. The largest absolute Gasteiger partial charge is 0.349 e. The van der Waals surface area contributed by atoms with Crippen LogP contribution in [0.1, 0.15) is 54.4 Å². The quantitative estimate of drug-likeness (QED) is 0.616. The second-order valence-corrected chi connectivity index (χ2v) is 8.39. The number of carbonyl (C=O) groups excluding carboxylic acids is 2. The molecule has 0 unspecified atom stereocenters. The van der Waals surface area contributed by atoms with Crippen LogP contribution in [-0.4, -0.2) is 23.6 Å². The molecule has 2 amide bonds. The number of rotatable bonds is 7. The molecule has 0 saturated heterocycles. The summed E-state index contributed by atoms with van der Waals surface area (Å²) in [6, 6.07) is 13.6. The molecular formula is C23H27FN2O2S. The van der Waals surface area contributed by atoms with Crippen LogP contribution in [0.4, 0.5) is 10.1 Å². The number of anilines is 1. The molecule has 1 fully saturated rings. The average molecular weight is 415 g/mol. The van der Waals surface area contributed by atoms with Gasteiger partial charge in [0.1, 0.15) is 5.82 Å². The van der Waals surface area contributed by atoms with Crippen molar-refractivity contribution in [2.45, 2.75) is 50.3 Å². The molecule has 1 aliphatic carbocycles. The van der Waals surface area contributed by atoms with Crippen molar-refractivity contribution >= 4 is 29.3 Å². The predicted molar refractivity (Wildman–Crippen MR) is 117 cm³/mol. The molecule has 0 aromatic heterocycles. The molecule has 1 saturated carbocycles. The monoisotopic (exact) mass is 414 g/mol. The first-order valence-corrected chi connectivity index (χ1v) is 11.3. The second kappa shape index (κ2) is 11.0. The van der Waals surface area contributed by atoms with Crippen molar-refractivity contribution in [3.8, 4) is 0 Å². The predicted octanol–water partition coefficient (Wildman–Crippen LogP) is 5.15.